The van der Waals surface area contributed by atoms with E-state index in [1.165, 1.54) is 23.6 Å². The molecule has 1 aliphatic rings. The number of hydrogen-bond acceptors (Lipinski definition) is 4. The predicted molar refractivity (Wildman–Crippen MR) is 89.3 cm³/mol. The van der Waals surface area contributed by atoms with Crippen molar-refractivity contribution in [2.45, 2.75) is 19.3 Å². The molecule has 0 atom stereocenters. The molecule has 2 N–H and O–H groups in total. The van der Waals surface area contributed by atoms with Crippen molar-refractivity contribution in [2.24, 2.45) is 0 Å². The third-order valence-electron chi connectivity index (χ3n) is 4.42. The van der Waals surface area contributed by atoms with Gasteiger partial charge in [0.1, 0.15) is 5.76 Å². The van der Waals surface area contributed by atoms with Crippen LogP contribution < -0.4 is 0 Å². The van der Waals surface area contributed by atoms with Gasteiger partial charge in [-0.25, -0.2) is 4.79 Å². The third kappa shape index (κ3) is 3.40. The standard InChI is InChI=1S/C18H22N2O3/c1-23-18(22)15-12-20(10-8-17(15)21)9-4-5-13-11-19-16-7-3-2-6-14(13)16/h2-3,6-7,11,19,21H,4-5,8-10,12H2,1H3. The number of rotatable bonds is 5. The first-order valence-corrected chi connectivity index (χ1v) is 7.95. The van der Waals surface area contributed by atoms with E-state index in [1.807, 2.05) is 6.07 Å². The van der Waals surface area contributed by atoms with E-state index in [9.17, 15) is 9.90 Å². The minimum absolute atomic E-state index is 0.171. The number of hydrogen-bond donors (Lipinski definition) is 2. The largest absolute Gasteiger partial charge is 0.512 e. The Labute approximate surface area is 135 Å². The number of nitrogens with zero attached hydrogens (tertiary/aromatic N) is 1. The lowest BCUT2D eigenvalue weighted by Gasteiger charge is -2.27. The minimum atomic E-state index is -0.427. The van der Waals surface area contributed by atoms with Crippen LogP contribution in [0.25, 0.3) is 10.9 Å². The number of carbonyl (C=O) groups is 1. The molecule has 1 aromatic carbocycles. The molecular weight excluding hydrogens is 292 g/mol. The van der Waals surface area contributed by atoms with Crippen molar-refractivity contribution in [1.29, 1.82) is 0 Å². The second-order valence-corrected chi connectivity index (χ2v) is 5.91. The fraction of sp³-hybridized carbons (Fsp3) is 0.389. The molecule has 0 bridgehead atoms. The number of aliphatic hydroxyl groups excluding tert-OH is 1. The summed E-state index contributed by atoms with van der Waals surface area (Å²) in [5.41, 5.74) is 2.89. The molecule has 0 amide bonds. The number of carbonyl (C=O) groups excluding carboxylic acids is 1. The number of aryl methyl sites for hydroxylation is 1. The van der Waals surface area contributed by atoms with Gasteiger partial charge in [0.15, 0.2) is 0 Å². The van der Waals surface area contributed by atoms with Gasteiger partial charge in [0.25, 0.3) is 0 Å². The maximum Gasteiger partial charge on any atom is 0.338 e. The molecule has 3 rings (SSSR count). The molecule has 2 heterocycles. The smallest absolute Gasteiger partial charge is 0.338 e. The van der Waals surface area contributed by atoms with Crippen molar-refractivity contribution < 1.29 is 14.6 Å². The Bertz CT molecular complexity index is 733. The maximum atomic E-state index is 11.7. The normalized spacial score (nSPS) is 16.0. The molecule has 0 saturated carbocycles. The number of para-hydroxylation sites is 1. The topological polar surface area (TPSA) is 65.6 Å². The van der Waals surface area contributed by atoms with E-state index in [2.05, 4.69) is 34.3 Å². The molecule has 5 nitrogen and oxygen atoms in total. The van der Waals surface area contributed by atoms with Gasteiger partial charge in [-0.2, -0.15) is 0 Å². The molecule has 0 unspecified atom stereocenters. The van der Waals surface area contributed by atoms with Crippen LogP contribution in [0.4, 0.5) is 0 Å². The summed E-state index contributed by atoms with van der Waals surface area (Å²) in [6.07, 6.45) is 4.59. The number of aromatic nitrogens is 1. The first-order chi connectivity index (χ1) is 11.2. The van der Waals surface area contributed by atoms with Gasteiger partial charge >= 0.3 is 5.97 Å². The minimum Gasteiger partial charge on any atom is -0.512 e. The highest BCUT2D eigenvalue weighted by Crippen LogP contribution is 2.20. The average Bonchev–Trinajstić information content (AvgIpc) is 2.99. The first-order valence-electron chi connectivity index (χ1n) is 7.95. The van der Waals surface area contributed by atoms with Gasteiger partial charge in [0.05, 0.1) is 12.7 Å². The maximum absolute atomic E-state index is 11.7. The summed E-state index contributed by atoms with van der Waals surface area (Å²) in [6.45, 7) is 2.14. The van der Waals surface area contributed by atoms with Crippen LogP contribution in [0, 0.1) is 0 Å². The van der Waals surface area contributed by atoms with Crippen LogP contribution in [0.2, 0.25) is 0 Å². The zero-order valence-electron chi connectivity index (χ0n) is 13.3. The molecular formula is C18H22N2O3. The van der Waals surface area contributed by atoms with Crippen LogP contribution in [0.5, 0.6) is 0 Å². The Hall–Kier alpha value is -2.27. The number of aromatic amines is 1. The van der Waals surface area contributed by atoms with E-state index in [1.54, 1.807) is 0 Å². The number of methoxy groups -OCH3 is 1. The number of H-pyrrole nitrogens is 1. The van der Waals surface area contributed by atoms with Crippen LogP contribution >= 0.6 is 0 Å². The summed E-state index contributed by atoms with van der Waals surface area (Å²) in [6, 6.07) is 8.31. The van der Waals surface area contributed by atoms with Crippen molar-refractivity contribution in [1.82, 2.24) is 9.88 Å². The highest BCUT2D eigenvalue weighted by atomic mass is 16.5. The highest BCUT2D eigenvalue weighted by Gasteiger charge is 2.24. The second-order valence-electron chi connectivity index (χ2n) is 5.91. The van der Waals surface area contributed by atoms with Crippen LogP contribution in [-0.4, -0.2) is 47.7 Å². The molecule has 0 radical (unpaired) electrons. The monoisotopic (exact) mass is 314 g/mol. The predicted octanol–water partition coefficient (Wildman–Crippen LogP) is 2.79. The van der Waals surface area contributed by atoms with Gasteiger partial charge in [-0.15, -0.1) is 0 Å². The lowest BCUT2D eigenvalue weighted by atomic mass is 10.1. The Morgan fingerprint density at radius 2 is 2.22 bits per heavy atom. The fourth-order valence-corrected chi connectivity index (χ4v) is 3.14. The number of nitrogens with one attached hydrogen (secondary N) is 1. The van der Waals surface area contributed by atoms with E-state index >= 15 is 0 Å². The van der Waals surface area contributed by atoms with Gasteiger partial charge in [0.2, 0.25) is 0 Å². The van der Waals surface area contributed by atoms with E-state index < -0.39 is 5.97 Å². The number of fused-ring (bicyclic) bond motifs is 1. The van der Waals surface area contributed by atoms with Gasteiger partial charge in [-0.05, 0) is 31.0 Å². The second kappa shape index (κ2) is 6.87. The molecule has 1 aliphatic heterocycles. The van der Waals surface area contributed by atoms with E-state index in [0.717, 1.165) is 25.9 Å². The molecule has 0 aliphatic carbocycles. The Morgan fingerprint density at radius 3 is 3.04 bits per heavy atom. The third-order valence-corrected chi connectivity index (χ3v) is 4.42. The molecule has 122 valence electrons. The summed E-state index contributed by atoms with van der Waals surface area (Å²) >= 11 is 0. The van der Waals surface area contributed by atoms with Crippen molar-refractivity contribution in [3.05, 3.63) is 47.4 Å². The SMILES string of the molecule is COC(=O)C1=C(O)CCN(CCCc2c[nH]c3ccccc23)C1. The van der Waals surface area contributed by atoms with E-state index in [-0.39, 0.29) is 5.76 Å². The molecule has 5 heteroatoms. The summed E-state index contributed by atoms with van der Waals surface area (Å²) in [7, 11) is 1.35. The van der Waals surface area contributed by atoms with Crippen LogP contribution in [0.3, 0.4) is 0 Å². The molecule has 23 heavy (non-hydrogen) atoms. The van der Waals surface area contributed by atoms with Crippen LogP contribution in [0.1, 0.15) is 18.4 Å². The zero-order valence-corrected chi connectivity index (χ0v) is 13.3. The summed E-state index contributed by atoms with van der Waals surface area (Å²) in [5, 5.41) is 11.1. The summed E-state index contributed by atoms with van der Waals surface area (Å²) in [4.78, 5) is 17.2. The quantitative estimate of drug-likeness (QED) is 0.833. The van der Waals surface area contributed by atoms with Gasteiger partial charge in [-0.3, -0.25) is 4.90 Å². The lowest BCUT2D eigenvalue weighted by Crippen LogP contribution is -2.35. The van der Waals surface area contributed by atoms with Crippen molar-refractivity contribution in [3.8, 4) is 0 Å². The summed E-state index contributed by atoms with van der Waals surface area (Å²) in [5.74, 6) is -0.256. The van der Waals surface area contributed by atoms with Gasteiger partial charge in [0, 0.05) is 36.6 Å². The first kappa shape index (κ1) is 15.6. The zero-order chi connectivity index (χ0) is 16.2. The Kier molecular flexibility index (Phi) is 4.67. The van der Waals surface area contributed by atoms with Crippen molar-refractivity contribution in [2.75, 3.05) is 26.7 Å². The number of esters is 1. The van der Waals surface area contributed by atoms with Gasteiger partial charge < -0.3 is 14.8 Å². The van der Waals surface area contributed by atoms with Crippen molar-refractivity contribution in [3.63, 3.8) is 0 Å². The highest BCUT2D eigenvalue weighted by molar-refractivity contribution is 5.89. The number of benzene rings is 1. The molecule has 0 spiro atoms. The van der Waals surface area contributed by atoms with E-state index in [4.69, 9.17) is 4.74 Å². The Morgan fingerprint density at radius 1 is 1.39 bits per heavy atom. The Balaban J connectivity index is 1.56. The van der Waals surface area contributed by atoms with E-state index in [0.29, 0.717) is 18.5 Å². The average molecular weight is 314 g/mol. The molecule has 0 saturated heterocycles. The van der Waals surface area contributed by atoms with Crippen molar-refractivity contribution >= 4 is 16.9 Å². The fourth-order valence-electron chi connectivity index (χ4n) is 3.14. The number of ether oxygens (including phenoxy) is 1. The molecule has 0 fully saturated rings. The molecule has 1 aromatic heterocycles. The van der Waals surface area contributed by atoms with Crippen LogP contribution in [0.15, 0.2) is 41.8 Å². The molecule has 2 aromatic rings. The lowest BCUT2D eigenvalue weighted by molar-refractivity contribution is -0.136. The summed E-state index contributed by atoms with van der Waals surface area (Å²) < 4.78 is 4.73. The van der Waals surface area contributed by atoms with Gasteiger partial charge in [-0.1, -0.05) is 18.2 Å². The van der Waals surface area contributed by atoms with Crippen LogP contribution in [-0.2, 0) is 16.0 Å². The number of aliphatic hydroxyl groups is 1.